The van der Waals surface area contributed by atoms with Crippen LogP contribution >= 0.6 is 0 Å². The lowest BCUT2D eigenvalue weighted by molar-refractivity contribution is -0.134. The number of nitrogens with zero attached hydrogens (tertiary/aromatic N) is 4. The van der Waals surface area contributed by atoms with Crippen LogP contribution in [0.2, 0.25) is 0 Å². The second-order valence-electron chi connectivity index (χ2n) is 8.69. The van der Waals surface area contributed by atoms with Crippen molar-refractivity contribution in [1.29, 1.82) is 0 Å². The molecule has 38 heavy (non-hydrogen) atoms. The lowest BCUT2D eigenvalue weighted by Crippen LogP contribution is -2.43. The Balaban J connectivity index is 0.00000161. The molecule has 14 heteroatoms. The average Bonchev–Trinajstić information content (AvgIpc) is 3.28. The quantitative estimate of drug-likeness (QED) is 0.232. The third kappa shape index (κ3) is 11.0. The number of hydrogen-bond donors (Lipinski definition) is 4. The van der Waals surface area contributed by atoms with E-state index in [4.69, 9.17) is 16.2 Å². The number of nitrogens with two attached hydrogens (primary N) is 2. The molecule has 1 atom stereocenters. The summed E-state index contributed by atoms with van der Waals surface area (Å²) in [4.78, 5) is 26.9. The highest BCUT2D eigenvalue weighted by Crippen LogP contribution is 2.39. The highest BCUT2D eigenvalue weighted by atomic mass is 19.3. The van der Waals surface area contributed by atoms with E-state index in [0.29, 0.717) is 23.4 Å². The first-order valence-corrected chi connectivity index (χ1v) is 11.8. The van der Waals surface area contributed by atoms with Crippen molar-refractivity contribution in [2.75, 3.05) is 14.1 Å². The average molecular weight is 539 g/mol. The van der Waals surface area contributed by atoms with Gasteiger partial charge in [0.25, 0.3) is 5.92 Å². The van der Waals surface area contributed by atoms with E-state index in [1.165, 1.54) is 41.4 Å². The number of carbonyl (C=O) groups excluding carboxylic acids is 2. The molecule has 0 aromatic carbocycles. The summed E-state index contributed by atoms with van der Waals surface area (Å²) in [5.41, 5.74) is 12.5. The van der Waals surface area contributed by atoms with Gasteiger partial charge in [-0.15, -0.1) is 5.10 Å². The molecule has 0 spiro atoms. The number of ether oxygens (including phenoxy) is 1. The molecule has 0 saturated heterocycles. The zero-order valence-electron chi connectivity index (χ0n) is 21.2. The van der Waals surface area contributed by atoms with Gasteiger partial charge < -0.3 is 26.8 Å². The summed E-state index contributed by atoms with van der Waals surface area (Å²) in [5, 5.41) is 12.4. The van der Waals surface area contributed by atoms with E-state index in [9.17, 15) is 22.8 Å². The number of aromatic nitrogens is 4. The maximum atomic E-state index is 14.1. The van der Waals surface area contributed by atoms with Crippen LogP contribution < -0.4 is 26.8 Å². The largest absolute Gasteiger partial charge is 0.490 e. The van der Waals surface area contributed by atoms with Gasteiger partial charge in [0.2, 0.25) is 5.91 Å². The Hall–Kier alpha value is -3.94. The molecule has 1 fully saturated rings. The number of aldehydes is 1. The maximum Gasteiger partial charge on any atom is 0.255 e. The van der Waals surface area contributed by atoms with Crippen LogP contribution in [0.5, 0.6) is 5.75 Å². The van der Waals surface area contributed by atoms with Gasteiger partial charge in [0.05, 0.1) is 24.9 Å². The van der Waals surface area contributed by atoms with Crippen LogP contribution in [0, 0.1) is 0 Å². The van der Waals surface area contributed by atoms with Gasteiger partial charge in [-0.1, -0.05) is 5.21 Å². The van der Waals surface area contributed by atoms with Crippen molar-refractivity contribution < 1.29 is 27.5 Å². The van der Waals surface area contributed by atoms with Crippen molar-refractivity contribution in [2.45, 2.75) is 56.8 Å². The number of pyridine rings is 1. The first-order valence-electron chi connectivity index (χ1n) is 11.8. The van der Waals surface area contributed by atoms with Crippen LogP contribution in [0.15, 0.2) is 48.2 Å². The second-order valence-corrected chi connectivity index (χ2v) is 8.69. The predicted octanol–water partition coefficient (Wildman–Crippen LogP) is 1.62. The Morgan fingerprint density at radius 1 is 1.32 bits per heavy atom. The summed E-state index contributed by atoms with van der Waals surface area (Å²) < 4.78 is 46.7. The molecule has 208 valence electrons. The molecule has 0 bridgehead atoms. The number of halogens is 3. The van der Waals surface area contributed by atoms with Crippen LogP contribution in [0.3, 0.4) is 0 Å². The number of hydrogen-bond acceptors (Lipinski definition) is 9. The highest BCUT2D eigenvalue weighted by molar-refractivity contribution is 5.79. The summed E-state index contributed by atoms with van der Waals surface area (Å²) in [6.07, 6.45) is 3.91. The minimum atomic E-state index is -2.68. The van der Waals surface area contributed by atoms with Gasteiger partial charge in [0, 0.05) is 30.8 Å². The van der Waals surface area contributed by atoms with Crippen LogP contribution in [-0.4, -0.2) is 64.5 Å². The van der Waals surface area contributed by atoms with Crippen molar-refractivity contribution in [2.24, 2.45) is 11.5 Å². The Bertz CT molecular complexity index is 1110. The van der Waals surface area contributed by atoms with E-state index >= 15 is 0 Å². The summed E-state index contributed by atoms with van der Waals surface area (Å²) in [5.74, 6) is -2.74. The summed E-state index contributed by atoms with van der Waals surface area (Å²) in [7, 11) is 3.75. The molecule has 11 nitrogen and oxygen atoms in total. The minimum Gasteiger partial charge on any atom is -0.490 e. The SMILES string of the molecule is CNC.N/C(=C\C=C(/N)NC(=O)Cc1cc(OC2CC(F)(F)C2)ccn1)CCC(F)Cn1cc(C=O)nn1. The van der Waals surface area contributed by atoms with E-state index in [2.05, 4.69) is 25.9 Å². The number of rotatable bonds is 12. The van der Waals surface area contributed by atoms with Crippen LogP contribution in [-0.2, 0) is 17.8 Å². The Labute approximate surface area is 218 Å². The molecule has 0 aliphatic heterocycles. The van der Waals surface area contributed by atoms with Crippen molar-refractivity contribution in [1.82, 2.24) is 30.6 Å². The number of nitrogens with one attached hydrogen (secondary N) is 2. The van der Waals surface area contributed by atoms with E-state index in [0.717, 1.165) is 0 Å². The van der Waals surface area contributed by atoms with Gasteiger partial charge in [0.1, 0.15) is 29.5 Å². The third-order valence-corrected chi connectivity index (χ3v) is 5.05. The van der Waals surface area contributed by atoms with Crippen LogP contribution in [0.1, 0.15) is 41.9 Å². The van der Waals surface area contributed by atoms with Gasteiger partial charge >= 0.3 is 0 Å². The predicted molar refractivity (Wildman–Crippen MR) is 134 cm³/mol. The highest BCUT2D eigenvalue weighted by Gasteiger charge is 2.47. The summed E-state index contributed by atoms with van der Waals surface area (Å²) in [6, 6.07) is 3.05. The van der Waals surface area contributed by atoms with Crippen LogP contribution in [0.25, 0.3) is 0 Å². The molecule has 1 aliphatic rings. The van der Waals surface area contributed by atoms with Crippen LogP contribution in [0.4, 0.5) is 13.2 Å². The molecule has 3 rings (SSSR count). The molecule has 1 amide bonds. The molecule has 2 aromatic rings. The van der Waals surface area contributed by atoms with Gasteiger partial charge in [-0.05, 0) is 45.2 Å². The van der Waals surface area contributed by atoms with E-state index in [1.54, 1.807) is 0 Å². The van der Waals surface area contributed by atoms with E-state index < -0.39 is 24.1 Å². The fraction of sp³-hybridized carbons (Fsp3) is 0.458. The van der Waals surface area contributed by atoms with Crippen molar-refractivity contribution in [3.05, 3.63) is 59.6 Å². The molecule has 1 aliphatic carbocycles. The third-order valence-electron chi connectivity index (χ3n) is 5.05. The zero-order valence-corrected chi connectivity index (χ0v) is 21.2. The first kappa shape index (κ1) is 30.3. The normalized spacial score (nSPS) is 16.0. The number of amides is 1. The van der Waals surface area contributed by atoms with Gasteiger partial charge in [-0.3, -0.25) is 14.6 Å². The zero-order chi connectivity index (χ0) is 28.1. The van der Waals surface area contributed by atoms with E-state index in [-0.39, 0.29) is 50.2 Å². The van der Waals surface area contributed by atoms with Gasteiger partial charge in [-0.25, -0.2) is 17.9 Å². The monoisotopic (exact) mass is 538 g/mol. The number of alkyl halides is 3. The maximum absolute atomic E-state index is 14.1. The molecule has 2 aromatic heterocycles. The fourth-order valence-corrected chi connectivity index (χ4v) is 3.27. The molecule has 1 unspecified atom stereocenters. The lowest BCUT2D eigenvalue weighted by Gasteiger charge is -2.34. The van der Waals surface area contributed by atoms with E-state index in [1.807, 2.05) is 14.1 Å². The second kappa shape index (κ2) is 14.7. The molecule has 2 heterocycles. The first-order chi connectivity index (χ1) is 18.0. The van der Waals surface area contributed by atoms with Crippen molar-refractivity contribution in [3.8, 4) is 5.75 Å². The Kier molecular flexibility index (Phi) is 11.7. The van der Waals surface area contributed by atoms with Gasteiger partial charge in [0.15, 0.2) is 6.29 Å². The minimum absolute atomic E-state index is 0.0304. The van der Waals surface area contributed by atoms with Gasteiger partial charge in [-0.2, -0.15) is 0 Å². The number of carbonyl (C=O) groups is 2. The Morgan fingerprint density at radius 2 is 2.03 bits per heavy atom. The fourth-order valence-electron chi connectivity index (χ4n) is 3.27. The molecular formula is C24H33F3N8O3. The Morgan fingerprint density at radius 3 is 2.66 bits per heavy atom. The topological polar surface area (TPSA) is 163 Å². The van der Waals surface area contributed by atoms with Crippen molar-refractivity contribution >= 4 is 12.2 Å². The number of allylic oxidation sites excluding steroid dienone is 3. The standard InChI is InChI=1S/C22H26F3N7O3.C2H7N/c23-14(11-32-12-17(13-33)30-31-32)1-2-15(26)3-4-20(27)29-21(34)8-16-7-18(5-6-28-16)35-19-9-22(24,25)10-19;1-3-2/h3-7,12-14,19H,1-2,8-11,26-27H2,(H,29,34);3H,1-2H3/b15-3-,20-4+;. The lowest BCUT2D eigenvalue weighted by atomic mass is 9.91. The molecule has 0 radical (unpaired) electrons. The smallest absolute Gasteiger partial charge is 0.255 e. The summed E-state index contributed by atoms with van der Waals surface area (Å²) >= 11 is 0. The molecular weight excluding hydrogens is 505 g/mol. The molecule has 6 N–H and O–H groups in total. The summed E-state index contributed by atoms with van der Waals surface area (Å²) in [6.45, 7) is -0.0600. The van der Waals surface area contributed by atoms with Crippen molar-refractivity contribution in [3.63, 3.8) is 0 Å². The molecule has 1 saturated carbocycles.